The first-order chi connectivity index (χ1) is 10.1. The third-order valence-electron chi connectivity index (χ3n) is 3.20. The van der Waals surface area contributed by atoms with Gasteiger partial charge in [0.1, 0.15) is 11.5 Å². The summed E-state index contributed by atoms with van der Waals surface area (Å²) < 4.78 is 6.00. The fraction of sp³-hybridized carbons (Fsp3) is 0.167. The molecule has 2 aromatic carbocycles. The minimum Gasteiger partial charge on any atom is -0.478 e. The molecule has 0 radical (unpaired) electrons. The van der Waals surface area contributed by atoms with Crippen LogP contribution in [0.15, 0.2) is 48.5 Å². The Labute approximate surface area is 124 Å². The van der Waals surface area contributed by atoms with Gasteiger partial charge in [-0.3, -0.25) is 0 Å². The Morgan fingerprint density at radius 2 is 1.95 bits per heavy atom. The molecule has 0 aliphatic rings. The standard InChI is InChI=1S/C18H18O3/c1-3-15-6-4-5-7-16(15)21-17-12-14(9-8-13(17)2)10-11-18(19)20/h4-12H,3H2,1-2H3,(H,19,20)/b11-10+. The van der Waals surface area contributed by atoms with Crippen LogP contribution in [0.25, 0.3) is 6.08 Å². The van der Waals surface area contributed by atoms with E-state index in [1.54, 1.807) is 6.08 Å². The Bertz CT molecular complexity index is 672. The highest BCUT2D eigenvalue weighted by molar-refractivity contribution is 5.85. The maximum atomic E-state index is 10.6. The molecule has 3 nitrogen and oxygen atoms in total. The number of rotatable bonds is 5. The van der Waals surface area contributed by atoms with E-state index in [0.29, 0.717) is 0 Å². The number of carbonyl (C=O) groups is 1. The summed E-state index contributed by atoms with van der Waals surface area (Å²) in [6.07, 6.45) is 3.57. The van der Waals surface area contributed by atoms with Gasteiger partial charge in [0, 0.05) is 6.08 Å². The van der Waals surface area contributed by atoms with Crippen molar-refractivity contribution in [1.29, 1.82) is 0 Å². The zero-order valence-corrected chi connectivity index (χ0v) is 12.2. The fourth-order valence-corrected chi connectivity index (χ4v) is 2.01. The first-order valence-electron chi connectivity index (χ1n) is 6.87. The third kappa shape index (κ3) is 3.96. The molecule has 0 amide bonds. The second kappa shape index (κ2) is 6.75. The lowest BCUT2D eigenvalue weighted by Gasteiger charge is -2.12. The van der Waals surface area contributed by atoms with Crippen molar-refractivity contribution in [2.75, 3.05) is 0 Å². The van der Waals surface area contributed by atoms with Gasteiger partial charge in [-0.25, -0.2) is 4.79 Å². The molecule has 0 aliphatic carbocycles. The molecule has 0 bridgehead atoms. The first kappa shape index (κ1) is 14.9. The van der Waals surface area contributed by atoms with Gasteiger partial charge in [-0.1, -0.05) is 37.3 Å². The van der Waals surface area contributed by atoms with Gasteiger partial charge in [0.2, 0.25) is 0 Å². The van der Waals surface area contributed by atoms with Crippen molar-refractivity contribution in [3.8, 4) is 11.5 Å². The number of hydrogen-bond acceptors (Lipinski definition) is 2. The van der Waals surface area contributed by atoms with E-state index >= 15 is 0 Å². The largest absolute Gasteiger partial charge is 0.478 e. The van der Waals surface area contributed by atoms with Crippen LogP contribution < -0.4 is 4.74 Å². The van der Waals surface area contributed by atoms with Gasteiger partial charge in [0.05, 0.1) is 0 Å². The average Bonchev–Trinajstić information content (AvgIpc) is 2.48. The highest BCUT2D eigenvalue weighted by Crippen LogP contribution is 2.29. The highest BCUT2D eigenvalue weighted by atomic mass is 16.5. The molecule has 21 heavy (non-hydrogen) atoms. The maximum absolute atomic E-state index is 10.6. The summed E-state index contributed by atoms with van der Waals surface area (Å²) in [5.74, 6) is 0.611. The second-order valence-corrected chi connectivity index (χ2v) is 4.76. The van der Waals surface area contributed by atoms with Crippen LogP contribution in [0.3, 0.4) is 0 Å². The van der Waals surface area contributed by atoms with E-state index in [1.807, 2.05) is 49.4 Å². The predicted molar refractivity (Wildman–Crippen MR) is 83.7 cm³/mol. The number of ether oxygens (including phenoxy) is 1. The van der Waals surface area contributed by atoms with Gasteiger partial charge < -0.3 is 9.84 Å². The van der Waals surface area contributed by atoms with Gasteiger partial charge in [0.25, 0.3) is 0 Å². The van der Waals surface area contributed by atoms with Crippen molar-refractivity contribution >= 4 is 12.0 Å². The van der Waals surface area contributed by atoms with Crippen molar-refractivity contribution in [3.63, 3.8) is 0 Å². The molecule has 0 fully saturated rings. The lowest BCUT2D eigenvalue weighted by atomic mass is 10.1. The summed E-state index contributed by atoms with van der Waals surface area (Å²) in [4.78, 5) is 10.6. The molecule has 0 atom stereocenters. The molecule has 0 saturated heterocycles. The average molecular weight is 282 g/mol. The molecule has 0 spiro atoms. The smallest absolute Gasteiger partial charge is 0.328 e. The summed E-state index contributed by atoms with van der Waals surface area (Å²) >= 11 is 0. The van der Waals surface area contributed by atoms with Crippen LogP contribution in [0, 0.1) is 6.92 Å². The van der Waals surface area contributed by atoms with Crippen LogP contribution in [0.4, 0.5) is 0 Å². The monoisotopic (exact) mass is 282 g/mol. The number of aryl methyl sites for hydroxylation is 2. The normalized spacial score (nSPS) is 10.8. The Morgan fingerprint density at radius 1 is 1.19 bits per heavy atom. The third-order valence-corrected chi connectivity index (χ3v) is 3.20. The van der Waals surface area contributed by atoms with E-state index in [9.17, 15) is 4.79 Å². The zero-order chi connectivity index (χ0) is 15.2. The van der Waals surface area contributed by atoms with Crippen molar-refractivity contribution in [2.24, 2.45) is 0 Å². The quantitative estimate of drug-likeness (QED) is 0.824. The molecule has 0 unspecified atom stereocenters. The molecule has 0 saturated carbocycles. The van der Waals surface area contributed by atoms with Crippen LogP contribution in [-0.4, -0.2) is 11.1 Å². The SMILES string of the molecule is CCc1ccccc1Oc1cc(/C=C/C(=O)O)ccc1C. The van der Waals surface area contributed by atoms with Gasteiger partial charge in [-0.15, -0.1) is 0 Å². The molecular formula is C18H18O3. The zero-order valence-electron chi connectivity index (χ0n) is 12.2. The van der Waals surface area contributed by atoms with Gasteiger partial charge in [-0.2, -0.15) is 0 Å². The van der Waals surface area contributed by atoms with Crippen LogP contribution in [0.2, 0.25) is 0 Å². The Balaban J connectivity index is 2.31. The summed E-state index contributed by atoms with van der Waals surface area (Å²) in [6, 6.07) is 13.6. The fourth-order valence-electron chi connectivity index (χ4n) is 2.01. The number of aliphatic carboxylic acids is 1. The van der Waals surface area contributed by atoms with E-state index in [-0.39, 0.29) is 0 Å². The number of hydrogen-bond donors (Lipinski definition) is 1. The summed E-state index contributed by atoms with van der Waals surface area (Å²) in [5.41, 5.74) is 2.95. The molecule has 108 valence electrons. The number of benzene rings is 2. The van der Waals surface area contributed by atoms with Gasteiger partial charge in [-0.05, 0) is 48.2 Å². The topological polar surface area (TPSA) is 46.5 Å². The molecule has 1 N–H and O–H groups in total. The molecule has 2 aromatic rings. The van der Waals surface area contributed by atoms with Gasteiger partial charge >= 0.3 is 5.97 Å². The van der Waals surface area contributed by atoms with E-state index in [2.05, 4.69) is 6.92 Å². The van der Waals surface area contributed by atoms with Crippen molar-refractivity contribution in [3.05, 3.63) is 65.2 Å². The van der Waals surface area contributed by atoms with E-state index in [0.717, 1.165) is 40.7 Å². The van der Waals surface area contributed by atoms with Crippen molar-refractivity contribution < 1.29 is 14.6 Å². The van der Waals surface area contributed by atoms with Crippen LogP contribution in [0.1, 0.15) is 23.6 Å². The highest BCUT2D eigenvalue weighted by Gasteiger charge is 2.06. The minimum atomic E-state index is -0.964. The van der Waals surface area contributed by atoms with Crippen LogP contribution >= 0.6 is 0 Å². The first-order valence-corrected chi connectivity index (χ1v) is 6.87. The lowest BCUT2D eigenvalue weighted by molar-refractivity contribution is -0.131. The molecule has 3 heteroatoms. The number of carboxylic acids is 1. The molecule has 0 aliphatic heterocycles. The van der Waals surface area contributed by atoms with E-state index in [4.69, 9.17) is 9.84 Å². The maximum Gasteiger partial charge on any atom is 0.328 e. The summed E-state index contributed by atoms with van der Waals surface area (Å²) in [5, 5.41) is 8.68. The predicted octanol–water partition coefficient (Wildman–Crippen LogP) is 4.45. The van der Waals surface area contributed by atoms with Crippen LogP contribution in [0.5, 0.6) is 11.5 Å². The Kier molecular flexibility index (Phi) is 4.77. The Morgan fingerprint density at radius 3 is 2.67 bits per heavy atom. The van der Waals surface area contributed by atoms with Gasteiger partial charge in [0.15, 0.2) is 0 Å². The lowest BCUT2D eigenvalue weighted by Crippen LogP contribution is -1.93. The van der Waals surface area contributed by atoms with E-state index < -0.39 is 5.97 Å². The second-order valence-electron chi connectivity index (χ2n) is 4.76. The molecular weight excluding hydrogens is 264 g/mol. The van der Waals surface area contributed by atoms with Crippen LogP contribution in [-0.2, 0) is 11.2 Å². The summed E-state index contributed by atoms with van der Waals surface area (Å²) in [6.45, 7) is 4.05. The summed E-state index contributed by atoms with van der Waals surface area (Å²) in [7, 11) is 0. The number of para-hydroxylation sites is 1. The molecule has 2 rings (SSSR count). The van der Waals surface area contributed by atoms with Crippen molar-refractivity contribution in [2.45, 2.75) is 20.3 Å². The van der Waals surface area contributed by atoms with E-state index in [1.165, 1.54) is 0 Å². The Hall–Kier alpha value is -2.55. The molecule has 0 heterocycles. The van der Waals surface area contributed by atoms with Crippen molar-refractivity contribution in [1.82, 2.24) is 0 Å². The minimum absolute atomic E-state index is 0.739. The number of carboxylic acid groups (broad SMARTS) is 1. The molecule has 0 aromatic heterocycles.